The van der Waals surface area contributed by atoms with Crippen LogP contribution in [0.15, 0.2) is 24.3 Å². The number of rotatable bonds is 4. The number of methoxy groups -OCH3 is 1. The number of H-pyrrole nitrogens is 1. The van der Waals surface area contributed by atoms with E-state index >= 15 is 0 Å². The lowest BCUT2D eigenvalue weighted by molar-refractivity contribution is 0.416. The molecule has 0 aliphatic heterocycles. The molecule has 1 aromatic carbocycles. The highest BCUT2D eigenvalue weighted by Gasteiger charge is 2.13. The normalized spacial score (nSPS) is 10.5. The first-order valence-electron chi connectivity index (χ1n) is 5.28. The van der Waals surface area contributed by atoms with Crippen LogP contribution in [0.1, 0.15) is 5.82 Å². The number of ether oxygens (including phenoxy) is 1. The lowest BCUT2D eigenvalue weighted by Gasteiger charge is -2.05. The van der Waals surface area contributed by atoms with E-state index in [1.807, 2.05) is 31.3 Å². The highest BCUT2D eigenvalue weighted by molar-refractivity contribution is 6.32. The second-order valence-corrected chi connectivity index (χ2v) is 3.95. The summed E-state index contributed by atoms with van der Waals surface area (Å²) in [5.74, 6) is 1.57. The summed E-state index contributed by atoms with van der Waals surface area (Å²) in [7, 11) is 3.49. The zero-order valence-electron chi connectivity index (χ0n) is 9.75. The van der Waals surface area contributed by atoms with Crippen LogP contribution in [0.3, 0.4) is 0 Å². The van der Waals surface area contributed by atoms with E-state index in [1.54, 1.807) is 7.11 Å². The van der Waals surface area contributed by atoms with Gasteiger partial charge >= 0.3 is 0 Å². The van der Waals surface area contributed by atoms with Gasteiger partial charge in [0.25, 0.3) is 0 Å². The Morgan fingerprint density at radius 3 is 2.88 bits per heavy atom. The van der Waals surface area contributed by atoms with Crippen LogP contribution in [-0.2, 0) is 6.54 Å². The average molecular weight is 252 g/mol. The standard InChI is InChI=1S/C12H14ClN3O/c1-14-7-10-15-11(12(13)16-10)8-5-3-4-6-9(8)17-2/h3-6,14H,7H2,1-2H3,(H,15,16). The van der Waals surface area contributed by atoms with Gasteiger partial charge < -0.3 is 15.0 Å². The van der Waals surface area contributed by atoms with Gasteiger partial charge in [-0.25, -0.2) is 4.98 Å². The fourth-order valence-electron chi connectivity index (χ4n) is 1.67. The minimum absolute atomic E-state index is 0.528. The van der Waals surface area contributed by atoms with Crippen molar-refractivity contribution in [2.45, 2.75) is 6.54 Å². The Bertz CT molecular complexity index is 510. The molecule has 0 aliphatic rings. The molecule has 0 aliphatic carbocycles. The van der Waals surface area contributed by atoms with Gasteiger partial charge in [-0.05, 0) is 19.2 Å². The zero-order chi connectivity index (χ0) is 12.3. The first kappa shape index (κ1) is 12.0. The zero-order valence-corrected chi connectivity index (χ0v) is 10.5. The topological polar surface area (TPSA) is 49.9 Å². The number of aromatic nitrogens is 2. The quantitative estimate of drug-likeness (QED) is 0.878. The van der Waals surface area contributed by atoms with Gasteiger partial charge in [0, 0.05) is 5.56 Å². The molecule has 4 nitrogen and oxygen atoms in total. The van der Waals surface area contributed by atoms with Gasteiger partial charge in [-0.15, -0.1) is 0 Å². The SMILES string of the molecule is CNCc1nc(-c2ccccc2OC)c(Cl)[nH]1. The van der Waals surface area contributed by atoms with Gasteiger partial charge in [0.05, 0.1) is 13.7 Å². The molecule has 2 rings (SSSR count). The van der Waals surface area contributed by atoms with Crippen LogP contribution in [0.5, 0.6) is 5.75 Å². The number of aromatic amines is 1. The van der Waals surface area contributed by atoms with Gasteiger partial charge in [-0.3, -0.25) is 0 Å². The van der Waals surface area contributed by atoms with Crippen molar-refractivity contribution in [3.05, 3.63) is 35.2 Å². The van der Waals surface area contributed by atoms with Crippen molar-refractivity contribution in [3.63, 3.8) is 0 Å². The number of hydrogen-bond acceptors (Lipinski definition) is 3. The molecule has 0 saturated carbocycles. The van der Waals surface area contributed by atoms with Crippen molar-refractivity contribution in [2.75, 3.05) is 14.2 Å². The maximum absolute atomic E-state index is 6.14. The monoisotopic (exact) mass is 251 g/mol. The van der Waals surface area contributed by atoms with Gasteiger partial charge in [0.2, 0.25) is 0 Å². The van der Waals surface area contributed by atoms with Crippen molar-refractivity contribution in [3.8, 4) is 17.0 Å². The minimum atomic E-state index is 0.528. The summed E-state index contributed by atoms with van der Waals surface area (Å²) in [6.45, 7) is 0.648. The van der Waals surface area contributed by atoms with Crippen molar-refractivity contribution in [2.24, 2.45) is 0 Å². The van der Waals surface area contributed by atoms with E-state index < -0.39 is 0 Å². The third-order valence-electron chi connectivity index (χ3n) is 2.42. The molecule has 90 valence electrons. The summed E-state index contributed by atoms with van der Waals surface area (Å²) < 4.78 is 5.30. The first-order valence-corrected chi connectivity index (χ1v) is 5.66. The van der Waals surface area contributed by atoms with Gasteiger partial charge in [-0.2, -0.15) is 0 Å². The number of imidazole rings is 1. The lowest BCUT2D eigenvalue weighted by atomic mass is 10.1. The smallest absolute Gasteiger partial charge is 0.134 e. The second-order valence-electron chi connectivity index (χ2n) is 3.58. The van der Waals surface area contributed by atoms with Crippen molar-refractivity contribution in [1.29, 1.82) is 0 Å². The Hall–Kier alpha value is -1.52. The molecule has 0 saturated heterocycles. The molecule has 0 spiro atoms. The van der Waals surface area contributed by atoms with E-state index in [0.29, 0.717) is 11.7 Å². The van der Waals surface area contributed by atoms with E-state index in [0.717, 1.165) is 22.8 Å². The molecular formula is C12H14ClN3O. The number of halogens is 1. The summed E-state index contributed by atoms with van der Waals surface area (Å²) >= 11 is 6.14. The first-order chi connectivity index (χ1) is 8.26. The minimum Gasteiger partial charge on any atom is -0.496 e. The van der Waals surface area contributed by atoms with E-state index in [4.69, 9.17) is 16.3 Å². The molecule has 1 heterocycles. The van der Waals surface area contributed by atoms with E-state index in [-0.39, 0.29) is 0 Å². The summed E-state index contributed by atoms with van der Waals surface area (Å²) in [5.41, 5.74) is 1.60. The molecule has 0 unspecified atom stereocenters. The van der Waals surface area contributed by atoms with Gasteiger partial charge in [0.1, 0.15) is 22.4 Å². The van der Waals surface area contributed by atoms with Gasteiger partial charge in [0.15, 0.2) is 0 Å². The van der Waals surface area contributed by atoms with Crippen LogP contribution in [-0.4, -0.2) is 24.1 Å². The third kappa shape index (κ3) is 2.43. The van der Waals surface area contributed by atoms with Crippen molar-refractivity contribution >= 4 is 11.6 Å². The molecule has 2 aromatic rings. The maximum atomic E-state index is 6.14. The predicted molar refractivity (Wildman–Crippen MR) is 68.3 cm³/mol. The van der Waals surface area contributed by atoms with Crippen molar-refractivity contribution in [1.82, 2.24) is 15.3 Å². The number of para-hydroxylation sites is 1. The largest absolute Gasteiger partial charge is 0.496 e. The Morgan fingerprint density at radius 1 is 1.41 bits per heavy atom. The van der Waals surface area contributed by atoms with Crippen LogP contribution < -0.4 is 10.1 Å². The molecule has 0 amide bonds. The van der Waals surface area contributed by atoms with Crippen LogP contribution in [0.25, 0.3) is 11.3 Å². The maximum Gasteiger partial charge on any atom is 0.134 e. The average Bonchev–Trinajstić information content (AvgIpc) is 2.70. The summed E-state index contributed by atoms with van der Waals surface area (Å²) in [4.78, 5) is 7.48. The summed E-state index contributed by atoms with van der Waals surface area (Å²) in [6, 6.07) is 7.67. The molecule has 2 N–H and O–H groups in total. The van der Waals surface area contributed by atoms with Crippen molar-refractivity contribution < 1.29 is 4.74 Å². The van der Waals surface area contributed by atoms with Gasteiger partial charge in [-0.1, -0.05) is 23.7 Å². The van der Waals surface area contributed by atoms with Crippen LogP contribution >= 0.6 is 11.6 Å². The molecule has 5 heteroatoms. The Morgan fingerprint density at radius 2 is 2.18 bits per heavy atom. The Labute approximate surface area is 105 Å². The van der Waals surface area contributed by atoms with E-state index in [2.05, 4.69) is 15.3 Å². The molecule has 17 heavy (non-hydrogen) atoms. The second kappa shape index (κ2) is 5.21. The molecule has 0 atom stereocenters. The molecule has 0 bridgehead atoms. The van der Waals surface area contributed by atoms with E-state index in [1.165, 1.54) is 0 Å². The Kier molecular flexibility index (Phi) is 3.66. The number of nitrogens with zero attached hydrogens (tertiary/aromatic N) is 1. The molecule has 1 aromatic heterocycles. The molecule has 0 radical (unpaired) electrons. The third-order valence-corrected chi connectivity index (χ3v) is 2.69. The number of benzene rings is 1. The van der Waals surface area contributed by atoms with E-state index in [9.17, 15) is 0 Å². The fourth-order valence-corrected chi connectivity index (χ4v) is 1.92. The highest BCUT2D eigenvalue weighted by atomic mass is 35.5. The number of nitrogens with one attached hydrogen (secondary N) is 2. The Balaban J connectivity index is 2.45. The lowest BCUT2D eigenvalue weighted by Crippen LogP contribution is -2.06. The van der Waals surface area contributed by atoms with Crippen LogP contribution in [0, 0.1) is 0 Å². The predicted octanol–water partition coefficient (Wildman–Crippen LogP) is 2.46. The fraction of sp³-hybridized carbons (Fsp3) is 0.250. The highest BCUT2D eigenvalue weighted by Crippen LogP contribution is 2.32. The molecule has 0 fully saturated rings. The van der Waals surface area contributed by atoms with Crippen LogP contribution in [0.4, 0.5) is 0 Å². The molecular weight excluding hydrogens is 238 g/mol. The number of hydrogen-bond donors (Lipinski definition) is 2. The summed E-state index contributed by atoms with van der Waals surface area (Å²) in [6.07, 6.45) is 0. The van der Waals surface area contributed by atoms with Crippen LogP contribution in [0.2, 0.25) is 5.15 Å². The summed E-state index contributed by atoms with van der Waals surface area (Å²) in [5, 5.41) is 3.55.